The van der Waals surface area contributed by atoms with Crippen LogP contribution in [0.5, 0.6) is 0 Å². The van der Waals surface area contributed by atoms with Crippen molar-refractivity contribution >= 4 is 27.6 Å². The zero-order valence-corrected chi connectivity index (χ0v) is 13.5. The average molecular weight is 310 g/mol. The number of aromatic nitrogens is 2. The van der Waals surface area contributed by atoms with Gasteiger partial charge in [0.05, 0.1) is 23.9 Å². The van der Waals surface area contributed by atoms with Gasteiger partial charge in [0, 0.05) is 10.8 Å². The molecular weight excluding hydrogens is 288 g/mol. The highest BCUT2D eigenvalue weighted by Crippen LogP contribution is 2.24. The van der Waals surface area contributed by atoms with E-state index in [9.17, 15) is 4.79 Å². The Balaban J connectivity index is 1.65. The van der Waals surface area contributed by atoms with E-state index in [1.165, 1.54) is 19.3 Å². The van der Waals surface area contributed by atoms with E-state index in [1.54, 1.807) is 6.20 Å². The fourth-order valence-corrected chi connectivity index (χ4v) is 2.83. The molecular formula is C19H22N2O2. The number of rotatable bonds is 7. The third-order valence-corrected chi connectivity index (χ3v) is 4.15. The summed E-state index contributed by atoms with van der Waals surface area (Å²) in [6.07, 6.45) is 7.55. The van der Waals surface area contributed by atoms with E-state index in [-0.39, 0.29) is 5.97 Å². The molecule has 120 valence electrons. The van der Waals surface area contributed by atoms with E-state index in [4.69, 9.17) is 4.74 Å². The lowest BCUT2D eigenvalue weighted by molar-refractivity contribution is 0.0498. The molecule has 1 heterocycles. The van der Waals surface area contributed by atoms with Gasteiger partial charge in [-0.25, -0.2) is 4.79 Å². The second kappa shape index (κ2) is 7.27. The maximum Gasteiger partial charge on any atom is 0.338 e. The predicted molar refractivity (Wildman–Crippen MR) is 92.6 cm³/mol. The third-order valence-electron chi connectivity index (χ3n) is 4.15. The molecule has 2 aromatic carbocycles. The average Bonchev–Trinajstić information content (AvgIpc) is 3.06. The van der Waals surface area contributed by atoms with Gasteiger partial charge in [0.2, 0.25) is 0 Å². The van der Waals surface area contributed by atoms with E-state index >= 15 is 0 Å². The molecule has 23 heavy (non-hydrogen) atoms. The molecule has 0 amide bonds. The van der Waals surface area contributed by atoms with E-state index in [1.807, 2.05) is 30.3 Å². The quantitative estimate of drug-likeness (QED) is 0.501. The number of H-pyrrole nitrogens is 1. The summed E-state index contributed by atoms with van der Waals surface area (Å²) in [7, 11) is 0. The molecule has 0 bridgehead atoms. The van der Waals surface area contributed by atoms with Crippen LogP contribution in [0.3, 0.4) is 0 Å². The standard InChI is InChI=1S/C19H22N2O2/c1-2-3-4-5-6-11-23-19(22)15-9-10-17-14(12-15)7-8-16-13-20-21-18(16)17/h7-10,12-13H,2-6,11H2,1H3,(H,20,21). The van der Waals surface area contributed by atoms with E-state index in [0.717, 1.165) is 34.5 Å². The van der Waals surface area contributed by atoms with Crippen molar-refractivity contribution in [2.75, 3.05) is 6.61 Å². The van der Waals surface area contributed by atoms with Crippen molar-refractivity contribution in [1.82, 2.24) is 10.2 Å². The Morgan fingerprint density at radius 2 is 1.91 bits per heavy atom. The zero-order valence-electron chi connectivity index (χ0n) is 13.5. The number of benzene rings is 2. The van der Waals surface area contributed by atoms with Crippen LogP contribution < -0.4 is 0 Å². The van der Waals surface area contributed by atoms with Crippen molar-refractivity contribution in [3.8, 4) is 0 Å². The van der Waals surface area contributed by atoms with Crippen LogP contribution in [0.15, 0.2) is 36.5 Å². The van der Waals surface area contributed by atoms with Gasteiger partial charge in [-0.1, -0.05) is 50.8 Å². The molecule has 1 N–H and O–H groups in total. The smallest absolute Gasteiger partial charge is 0.338 e. The summed E-state index contributed by atoms with van der Waals surface area (Å²) in [4.78, 5) is 12.1. The van der Waals surface area contributed by atoms with Gasteiger partial charge in [-0.2, -0.15) is 5.10 Å². The third kappa shape index (κ3) is 3.52. The van der Waals surface area contributed by atoms with Crippen LogP contribution in [0.25, 0.3) is 21.7 Å². The number of esters is 1. The lowest BCUT2D eigenvalue weighted by Gasteiger charge is -2.06. The highest BCUT2D eigenvalue weighted by Gasteiger charge is 2.09. The second-order valence-corrected chi connectivity index (χ2v) is 5.89. The number of unbranched alkanes of at least 4 members (excludes halogenated alkanes) is 4. The van der Waals surface area contributed by atoms with Crippen molar-refractivity contribution in [3.63, 3.8) is 0 Å². The Morgan fingerprint density at radius 1 is 1.09 bits per heavy atom. The zero-order chi connectivity index (χ0) is 16.1. The molecule has 0 aliphatic carbocycles. The van der Waals surface area contributed by atoms with Gasteiger partial charge in [0.15, 0.2) is 0 Å². The summed E-state index contributed by atoms with van der Waals surface area (Å²) in [5.41, 5.74) is 1.60. The molecule has 4 heteroatoms. The number of hydrogen-bond donors (Lipinski definition) is 1. The highest BCUT2D eigenvalue weighted by molar-refractivity contribution is 6.07. The molecule has 3 aromatic rings. The highest BCUT2D eigenvalue weighted by atomic mass is 16.5. The summed E-state index contributed by atoms with van der Waals surface area (Å²) >= 11 is 0. The number of hydrogen-bond acceptors (Lipinski definition) is 3. The summed E-state index contributed by atoms with van der Waals surface area (Å²) in [5, 5.41) is 10.2. The molecule has 0 atom stereocenters. The van der Waals surface area contributed by atoms with Gasteiger partial charge in [-0.3, -0.25) is 5.10 Å². The van der Waals surface area contributed by atoms with Gasteiger partial charge in [0.25, 0.3) is 0 Å². The van der Waals surface area contributed by atoms with Crippen molar-refractivity contribution in [2.24, 2.45) is 0 Å². The number of fused-ring (bicyclic) bond motifs is 3. The molecule has 1 aromatic heterocycles. The van der Waals surface area contributed by atoms with Crippen LogP contribution in [-0.4, -0.2) is 22.8 Å². The Kier molecular flexibility index (Phi) is 4.91. The number of nitrogens with zero attached hydrogens (tertiary/aromatic N) is 1. The molecule has 0 fully saturated rings. The van der Waals surface area contributed by atoms with E-state index < -0.39 is 0 Å². The van der Waals surface area contributed by atoms with Crippen molar-refractivity contribution in [2.45, 2.75) is 39.0 Å². The largest absolute Gasteiger partial charge is 0.462 e. The number of carbonyl (C=O) groups excluding carboxylic acids is 1. The van der Waals surface area contributed by atoms with Crippen LogP contribution in [0.1, 0.15) is 49.4 Å². The Hall–Kier alpha value is -2.36. The van der Waals surface area contributed by atoms with Gasteiger partial charge < -0.3 is 4.74 Å². The normalized spacial score (nSPS) is 11.2. The molecule has 0 aliphatic rings. The summed E-state index contributed by atoms with van der Waals surface area (Å²) in [6.45, 7) is 2.69. The molecule has 3 rings (SSSR count). The fourth-order valence-electron chi connectivity index (χ4n) is 2.83. The number of aromatic amines is 1. The van der Waals surface area contributed by atoms with Crippen molar-refractivity contribution in [1.29, 1.82) is 0 Å². The fraction of sp³-hybridized carbons (Fsp3) is 0.368. The Morgan fingerprint density at radius 3 is 2.78 bits per heavy atom. The minimum Gasteiger partial charge on any atom is -0.462 e. The molecule has 0 aliphatic heterocycles. The lowest BCUT2D eigenvalue weighted by atomic mass is 10.0. The molecule has 0 unspecified atom stereocenters. The molecule has 0 spiro atoms. The molecule has 0 radical (unpaired) electrons. The van der Waals surface area contributed by atoms with Crippen molar-refractivity contribution < 1.29 is 9.53 Å². The van der Waals surface area contributed by atoms with Crippen LogP contribution in [0.2, 0.25) is 0 Å². The SMILES string of the molecule is CCCCCCCOC(=O)c1ccc2c(ccc3cn[nH]c32)c1. The Bertz CT molecular complexity index is 807. The first-order valence-corrected chi connectivity index (χ1v) is 8.32. The van der Waals surface area contributed by atoms with Gasteiger partial charge >= 0.3 is 5.97 Å². The summed E-state index contributed by atoms with van der Waals surface area (Å²) in [5.74, 6) is -0.243. The maximum atomic E-state index is 12.1. The summed E-state index contributed by atoms with van der Waals surface area (Å²) < 4.78 is 5.37. The molecule has 0 saturated heterocycles. The van der Waals surface area contributed by atoms with E-state index in [2.05, 4.69) is 17.1 Å². The predicted octanol–water partition coefficient (Wildman–Crippen LogP) is 4.84. The Labute approximate surface area is 135 Å². The van der Waals surface area contributed by atoms with E-state index in [0.29, 0.717) is 12.2 Å². The monoisotopic (exact) mass is 310 g/mol. The maximum absolute atomic E-state index is 12.1. The van der Waals surface area contributed by atoms with Crippen LogP contribution in [-0.2, 0) is 4.74 Å². The first-order chi connectivity index (χ1) is 11.3. The van der Waals surface area contributed by atoms with Gasteiger partial charge in [0.1, 0.15) is 0 Å². The minimum absolute atomic E-state index is 0.243. The minimum atomic E-state index is -0.243. The van der Waals surface area contributed by atoms with Crippen LogP contribution in [0, 0.1) is 0 Å². The second-order valence-electron chi connectivity index (χ2n) is 5.89. The van der Waals surface area contributed by atoms with Gasteiger partial charge in [-0.15, -0.1) is 0 Å². The lowest BCUT2D eigenvalue weighted by Crippen LogP contribution is -2.06. The first kappa shape index (κ1) is 15.5. The number of ether oxygens (including phenoxy) is 1. The number of carbonyl (C=O) groups is 1. The summed E-state index contributed by atoms with van der Waals surface area (Å²) in [6, 6.07) is 9.67. The van der Waals surface area contributed by atoms with Gasteiger partial charge in [-0.05, 0) is 23.9 Å². The van der Waals surface area contributed by atoms with Crippen LogP contribution >= 0.6 is 0 Å². The van der Waals surface area contributed by atoms with Crippen LogP contribution in [0.4, 0.5) is 0 Å². The number of nitrogens with one attached hydrogen (secondary N) is 1. The molecule has 0 saturated carbocycles. The first-order valence-electron chi connectivity index (χ1n) is 8.32. The topological polar surface area (TPSA) is 55.0 Å². The van der Waals surface area contributed by atoms with Crippen molar-refractivity contribution in [3.05, 3.63) is 42.1 Å². The molecule has 4 nitrogen and oxygen atoms in total.